The fraction of sp³-hybridized carbons (Fsp3) is 0.562. The maximum Gasteiger partial charge on any atom is 0.251 e. The molecular formula is C16H27N3O3S. The summed E-state index contributed by atoms with van der Waals surface area (Å²) in [5.41, 5.74) is 5.98. The highest BCUT2D eigenvalue weighted by atomic mass is 32.2. The van der Waals surface area contributed by atoms with Gasteiger partial charge in [0.05, 0.1) is 4.90 Å². The minimum atomic E-state index is -3.62. The molecule has 1 aromatic rings. The van der Waals surface area contributed by atoms with Gasteiger partial charge in [0.1, 0.15) is 0 Å². The predicted molar refractivity (Wildman–Crippen MR) is 91.7 cm³/mol. The van der Waals surface area contributed by atoms with Gasteiger partial charge in [-0.1, -0.05) is 25.8 Å². The number of hydrogen-bond acceptors (Lipinski definition) is 4. The molecule has 0 saturated heterocycles. The Morgan fingerprint density at radius 3 is 2.57 bits per heavy atom. The van der Waals surface area contributed by atoms with E-state index in [2.05, 4.69) is 17.0 Å². The lowest BCUT2D eigenvalue weighted by Crippen LogP contribution is -2.40. The van der Waals surface area contributed by atoms with Crippen molar-refractivity contribution in [3.8, 4) is 0 Å². The number of hydrogen-bond donors (Lipinski definition) is 3. The van der Waals surface area contributed by atoms with Crippen molar-refractivity contribution in [1.29, 1.82) is 0 Å². The molecule has 0 bridgehead atoms. The summed E-state index contributed by atoms with van der Waals surface area (Å²) in [6.45, 7) is 5.92. The van der Waals surface area contributed by atoms with Crippen LogP contribution in [-0.4, -0.2) is 33.0 Å². The number of carbonyl (C=O) groups is 1. The van der Waals surface area contributed by atoms with Gasteiger partial charge < -0.3 is 11.1 Å². The van der Waals surface area contributed by atoms with Crippen LogP contribution in [0.2, 0.25) is 0 Å². The summed E-state index contributed by atoms with van der Waals surface area (Å²) < 4.78 is 26.9. The molecule has 0 aliphatic carbocycles. The van der Waals surface area contributed by atoms with Gasteiger partial charge in [0, 0.05) is 24.2 Å². The van der Waals surface area contributed by atoms with Crippen molar-refractivity contribution >= 4 is 15.9 Å². The van der Waals surface area contributed by atoms with E-state index < -0.39 is 10.0 Å². The van der Waals surface area contributed by atoms with Crippen LogP contribution in [0.15, 0.2) is 29.2 Å². The third kappa shape index (κ3) is 6.29. The molecule has 0 radical (unpaired) electrons. The Balaban J connectivity index is 2.89. The number of benzene rings is 1. The van der Waals surface area contributed by atoms with Gasteiger partial charge in [-0.3, -0.25) is 4.79 Å². The second-order valence-electron chi connectivity index (χ2n) is 5.85. The number of rotatable bonds is 9. The molecule has 0 saturated carbocycles. The molecule has 1 unspecified atom stereocenters. The molecule has 1 aromatic carbocycles. The second kappa shape index (κ2) is 9.00. The van der Waals surface area contributed by atoms with E-state index in [1.54, 1.807) is 26.0 Å². The first-order valence-electron chi connectivity index (χ1n) is 7.93. The number of carbonyl (C=O) groups excluding carboxylic acids is 1. The van der Waals surface area contributed by atoms with Crippen molar-refractivity contribution in [3.05, 3.63) is 29.8 Å². The molecule has 1 rings (SSSR count). The van der Waals surface area contributed by atoms with Crippen LogP contribution in [0.4, 0.5) is 0 Å². The van der Waals surface area contributed by atoms with Gasteiger partial charge in [-0.15, -0.1) is 0 Å². The van der Waals surface area contributed by atoms with Gasteiger partial charge in [-0.25, -0.2) is 13.1 Å². The first kappa shape index (κ1) is 19.6. The molecule has 4 N–H and O–H groups in total. The molecule has 23 heavy (non-hydrogen) atoms. The van der Waals surface area contributed by atoms with E-state index in [0.29, 0.717) is 12.1 Å². The third-order valence-electron chi connectivity index (χ3n) is 3.32. The fourth-order valence-corrected chi connectivity index (χ4v) is 3.45. The predicted octanol–water partition coefficient (Wildman–Crippen LogP) is 1.62. The molecule has 1 atom stereocenters. The highest BCUT2D eigenvalue weighted by molar-refractivity contribution is 7.89. The van der Waals surface area contributed by atoms with Gasteiger partial charge in [0.2, 0.25) is 10.0 Å². The number of sulfonamides is 1. The lowest BCUT2D eigenvalue weighted by molar-refractivity contribution is 0.0935. The minimum absolute atomic E-state index is 0.0803. The van der Waals surface area contributed by atoms with Crippen LogP contribution >= 0.6 is 0 Å². The molecular weight excluding hydrogens is 314 g/mol. The van der Waals surface area contributed by atoms with Crippen molar-refractivity contribution in [3.63, 3.8) is 0 Å². The van der Waals surface area contributed by atoms with E-state index in [4.69, 9.17) is 5.73 Å². The lowest BCUT2D eigenvalue weighted by Gasteiger charge is -2.17. The number of nitrogens with two attached hydrogens (primary N) is 1. The molecule has 0 aliphatic heterocycles. The molecule has 6 nitrogen and oxygen atoms in total. The van der Waals surface area contributed by atoms with Crippen LogP contribution in [0.1, 0.15) is 50.4 Å². The number of unbranched alkanes of at least 4 members (excludes halogenated alkanes) is 1. The van der Waals surface area contributed by atoms with Crippen LogP contribution in [0, 0.1) is 0 Å². The van der Waals surface area contributed by atoms with Crippen LogP contribution in [0.25, 0.3) is 0 Å². The molecule has 7 heteroatoms. The summed E-state index contributed by atoms with van der Waals surface area (Å²) in [5.74, 6) is -0.307. The summed E-state index contributed by atoms with van der Waals surface area (Å²) in [6.07, 6.45) is 2.82. The molecule has 1 amide bonds. The average Bonchev–Trinajstić information content (AvgIpc) is 2.50. The van der Waals surface area contributed by atoms with E-state index >= 15 is 0 Å². The van der Waals surface area contributed by atoms with Crippen LogP contribution < -0.4 is 15.8 Å². The van der Waals surface area contributed by atoms with Crippen LogP contribution in [-0.2, 0) is 10.0 Å². The van der Waals surface area contributed by atoms with E-state index in [9.17, 15) is 13.2 Å². The quantitative estimate of drug-likeness (QED) is 0.635. The Labute approximate surface area is 138 Å². The van der Waals surface area contributed by atoms with Gasteiger partial charge >= 0.3 is 0 Å². The fourth-order valence-electron chi connectivity index (χ4n) is 2.15. The second-order valence-corrected chi connectivity index (χ2v) is 7.57. The highest BCUT2D eigenvalue weighted by Gasteiger charge is 2.18. The Kier molecular flexibility index (Phi) is 7.67. The minimum Gasteiger partial charge on any atom is -0.348 e. The molecule has 0 aromatic heterocycles. The topological polar surface area (TPSA) is 101 Å². The van der Waals surface area contributed by atoms with Crippen molar-refractivity contribution < 1.29 is 13.2 Å². The van der Waals surface area contributed by atoms with Gasteiger partial charge in [-0.2, -0.15) is 0 Å². The van der Waals surface area contributed by atoms with Gasteiger partial charge in [-0.05, 0) is 38.5 Å². The smallest absolute Gasteiger partial charge is 0.251 e. The zero-order valence-electron chi connectivity index (χ0n) is 14.0. The molecule has 0 fully saturated rings. The van der Waals surface area contributed by atoms with Crippen LogP contribution in [0.3, 0.4) is 0 Å². The number of nitrogens with one attached hydrogen (secondary N) is 2. The Morgan fingerprint density at radius 1 is 1.30 bits per heavy atom. The Hall–Kier alpha value is -1.44. The van der Waals surface area contributed by atoms with E-state index in [0.717, 1.165) is 19.3 Å². The third-order valence-corrected chi connectivity index (χ3v) is 4.98. The first-order chi connectivity index (χ1) is 10.8. The van der Waals surface area contributed by atoms with Gasteiger partial charge in [0.15, 0.2) is 0 Å². The van der Waals surface area contributed by atoms with Gasteiger partial charge in [0.25, 0.3) is 5.91 Å². The maximum absolute atomic E-state index is 12.3. The zero-order valence-corrected chi connectivity index (χ0v) is 14.8. The summed E-state index contributed by atoms with van der Waals surface area (Å²) in [7, 11) is -3.62. The zero-order chi connectivity index (χ0) is 17.5. The Morgan fingerprint density at radius 2 is 2.00 bits per heavy atom. The van der Waals surface area contributed by atoms with Crippen molar-refractivity contribution in [2.75, 3.05) is 6.54 Å². The summed E-state index contributed by atoms with van der Waals surface area (Å²) >= 11 is 0. The largest absolute Gasteiger partial charge is 0.348 e. The molecule has 130 valence electrons. The summed E-state index contributed by atoms with van der Waals surface area (Å²) in [4.78, 5) is 12.4. The number of amides is 1. The van der Waals surface area contributed by atoms with Crippen molar-refractivity contribution in [1.82, 2.24) is 10.0 Å². The van der Waals surface area contributed by atoms with E-state index in [1.165, 1.54) is 12.1 Å². The normalized spacial score (nSPS) is 13.1. The molecule has 0 spiro atoms. The maximum atomic E-state index is 12.3. The van der Waals surface area contributed by atoms with E-state index in [-0.39, 0.29) is 22.9 Å². The standard InChI is InChI=1S/C16H27N3O3S/c1-4-5-8-14(11-17)18-16(20)13-7-6-9-15(10-13)23(21,22)19-12(2)3/h6-7,9-10,12,14,19H,4-5,8,11,17H2,1-3H3,(H,18,20). The van der Waals surface area contributed by atoms with Crippen molar-refractivity contribution in [2.45, 2.75) is 57.0 Å². The SMILES string of the molecule is CCCCC(CN)NC(=O)c1cccc(S(=O)(=O)NC(C)C)c1. The average molecular weight is 341 g/mol. The van der Waals surface area contributed by atoms with Crippen molar-refractivity contribution in [2.24, 2.45) is 5.73 Å². The highest BCUT2D eigenvalue weighted by Crippen LogP contribution is 2.12. The summed E-state index contributed by atoms with van der Waals surface area (Å²) in [6, 6.07) is 5.70. The molecule has 0 heterocycles. The Bertz CT molecular complexity index is 615. The molecule has 0 aliphatic rings. The summed E-state index contributed by atoms with van der Waals surface area (Å²) in [5, 5.41) is 2.86. The van der Waals surface area contributed by atoms with Crippen LogP contribution in [0.5, 0.6) is 0 Å². The van der Waals surface area contributed by atoms with E-state index in [1.807, 2.05) is 0 Å². The first-order valence-corrected chi connectivity index (χ1v) is 9.41. The lowest BCUT2D eigenvalue weighted by atomic mass is 10.1. The monoisotopic (exact) mass is 341 g/mol.